The topological polar surface area (TPSA) is 56.3 Å². The van der Waals surface area contributed by atoms with Crippen molar-refractivity contribution in [1.29, 1.82) is 0 Å². The highest BCUT2D eigenvalue weighted by atomic mass is 16.5. The SMILES string of the molecule is COc1ccc(-c2ccc([C@H]3C[C@@]4(C)[C@@H](CCC45CCCC5=O)[C@@H]4CCC5=CC(=O)CCC5=C43)cc2)cn1. The third-order valence-corrected chi connectivity index (χ3v) is 11.2. The van der Waals surface area contributed by atoms with Crippen molar-refractivity contribution < 1.29 is 14.3 Å². The van der Waals surface area contributed by atoms with Crippen LogP contribution in [0.3, 0.4) is 0 Å². The van der Waals surface area contributed by atoms with Crippen LogP contribution in [0.5, 0.6) is 5.88 Å². The Labute approximate surface area is 225 Å². The zero-order valence-corrected chi connectivity index (χ0v) is 22.6. The van der Waals surface area contributed by atoms with E-state index >= 15 is 0 Å². The lowest BCUT2D eigenvalue weighted by molar-refractivity contribution is -0.134. The summed E-state index contributed by atoms with van der Waals surface area (Å²) in [6.45, 7) is 2.48. The van der Waals surface area contributed by atoms with E-state index in [2.05, 4.69) is 42.2 Å². The van der Waals surface area contributed by atoms with Crippen molar-refractivity contribution in [3.8, 4) is 17.0 Å². The number of Topliss-reactive ketones (excluding diaryl/α,β-unsaturated/α-hetero) is 1. The first-order chi connectivity index (χ1) is 18.4. The smallest absolute Gasteiger partial charge is 0.212 e. The van der Waals surface area contributed by atoms with Crippen LogP contribution in [0.25, 0.3) is 11.1 Å². The molecule has 1 heterocycles. The number of carbonyl (C=O) groups excluding carboxylic acids is 2. The highest BCUT2D eigenvalue weighted by molar-refractivity contribution is 5.93. The summed E-state index contributed by atoms with van der Waals surface area (Å²) in [7, 11) is 1.64. The number of nitrogens with zero attached hydrogens (tertiary/aromatic N) is 1. The fourth-order valence-corrected chi connectivity index (χ4v) is 9.45. The zero-order chi connectivity index (χ0) is 26.1. The molecule has 3 fully saturated rings. The van der Waals surface area contributed by atoms with Crippen LogP contribution in [-0.4, -0.2) is 23.7 Å². The standard InChI is InChI=1S/C34H37NO3/c1-33-19-28(22-7-5-21(6-8-22)24-10-14-31(38-2)35-20-24)32-26-13-11-25(36)18-23(26)9-12-27(32)29(33)15-17-34(33)16-3-4-30(34)37/h5-8,10,14,18,20,27-29H,3-4,9,11-13,15-17,19H2,1-2H3/t27-,28+,29-,33-,34?/m0/s1. The minimum atomic E-state index is -0.126. The van der Waals surface area contributed by atoms with Gasteiger partial charge in [0, 0.05) is 42.0 Å². The van der Waals surface area contributed by atoms with Gasteiger partial charge < -0.3 is 4.74 Å². The van der Waals surface area contributed by atoms with Crippen LogP contribution < -0.4 is 4.74 Å². The average Bonchev–Trinajstić information content (AvgIpc) is 3.47. The lowest BCUT2D eigenvalue weighted by Gasteiger charge is -2.55. The van der Waals surface area contributed by atoms with Gasteiger partial charge in [0.2, 0.25) is 5.88 Å². The van der Waals surface area contributed by atoms with E-state index in [0.717, 1.165) is 62.5 Å². The number of carbonyl (C=O) groups is 2. The van der Waals surface area contributed by atoms with Crippen molar-refractivity contribution in [1.82, 2.24) is 4.98 Å². The Kier molecular flexibility index (Phi) is 5.55. The number of ketones is 2. The first kappa shape index (κ1) is 24.1. The Morgan fingerprint density at radius 2 is 1.74 bits per heavy atom. The number of methoxy groups -OCH3 is 1. The number of aromatic nitrogens is 1. The fraction of sp³-hybridized carbons (Fsp3) is 0.500. The lowest BCUT2D eigenvalue weighted by Crippen LogP contribution is -2.49. The summed E-state index contributed by atoms with van der Waals surface area (Å²) in [5, 5.41) is 0. The van der Waals surface area contributed by atoms with Gasteiger partial charge in [-0.15, -0.1) is 0 Å². The molecule has 1 aromatic heterocycles. The number of rotatable bonds is 3. The van der Waals surface area contributed by atoms with Crippen molar-refractivity contribution in [2.24, 2.45) is 22.7 Å². The molecule has 5 atom stereocenters. The van der Waals surface area contributed by atoms with Gasteiger partial charge in [-0.1, -0.05) is 36.8 Å². The van der Waals surface area contributed by atoms with Gasteiger partial charge in [-0.05, 0) is 103 Å². The first-order valence-electron chi connectivity index (χ1n) is 14.5. The molecule has 0 radical (unpaired) electrons. The molecule has 5 aliphatic rings. The quantitative estimate of drug-likeness (QED) is 0.434. The second-order valence-electron chi connectivity index (χ2n) is 12.6. The number of hydrogen-bond acceptors (Lipinski definition) is 4. The Morgan fingerprint density at radius 3 is 2.45 bits per heavy atom. The fourth-order valence-electron chi connectivity index (χ4n) is 9.45. The Hall–Kier alpha value is -3.01. The predicted molar refractivity (Wildman–Crippen MR) is 148 cm³/mol. The predicted octanol–water partition coefficient (Wildman–Crippen LogP) is 7.40. The second-order valence-corrected chi connectivity index (χ2v) is 12.6. The number of ether oxygens (including phenoxy) is 1. The summed E-state index contributed by atoms with van der Waals surface area (Å²) < 4.78 is 5.23. The normalized spacial score (nSPS) is 34.2. The number of fused-ring (bicyclic) bond motifs is 5. The van der Waals surface area contributed by atoms with Crippen molar-refractivity contribution in [3.63, 3.8) is 0 Å². The minimum absolute atomic E-state index is 0.0459. The molecule has 2 aromatic rings. The molecule has 3 saturated carbocycles. The summed E-state index contributed by atoms with van der Waals surface area (Å²) in [4.78, 5) is 30.2. The Balaban J connectivity index is 1.33. The molecule has 1 aromatic carbocycles. The Morgan fingerprint density at radius 1 is 0.921 bits per heavy atom. The van der Waals surface area contributed by atoms with Crippen LogP contribution in [0, 0.1) is 22.7 Å². The minimum Gasteiger partial charge on any atom is -0.481 e. The van der Waals surface area contributed by atoms with Crippen LogP contribution in [0.15, 0.2) is 65.4 Å². The summed E-state index contributed by atoms with van der Waals surface area (Å²) in [6, 6.07) is 13.0. The molecule has 0 bridgehead atoms. The molecule has 0 amide bonds. The molecule has 7 rings (SSSR count). The van der Waals surface area contributed by atoms with E-state index in [-0.39, 0.29) is 16.6 Å². The van der Waals surface area contributed by atoms with Gasteiger partial charge in [-0.3, -0.25) is 9.59 Å². The lowest BCUT2D eigenvalue weighted by atomic mass is 9.48. The van der Waals surface area contributed by atoms with E-state index in [1.54, 1.807) is 12.7 Å². The van der Waals surface area contributed by atoms with Crippen LogP contribution in [0.4, 0.5) is 0 Å². The van der Waals surface area contributed by atoms with Gasteiger partial charge >= 0.3 is 0 Å². The third kappa shape index (κ3) is 3.38. The highest BCUT2D eigenvalue weighted by Gasteiger charge is 2.66. The molecule has 4 heteroatoms. The maximum Gasteiger partial charge on any atom is 0.212 e. The number of benzene rings is 1. The molecule has 0 aliphatic heterocycles. The number of pyridine rings is 1. The summed E-state index contributed by atoms with van der Waals surface area (Å²) in [5.41, 5.74) is 7.89. The van der Waals surface area contributed by atoms with Gasteiger partial charge in [-0.25, -0.2) is 4.98 Å². The van der Waals surface area contributed by atoms with E-state index in [1.165, 1.54) is 23.1 Å². The van der Waals surface area contributed by atoms with E-state index in [1.807, 2.05) is 18.3 Å². The molecule has 4 nitrogen and oxygen atoms in total. The van der Waals surface area contributed by atoms with E-state index in [0.29, 0.717) is 35.8 Å². The molecule has 0 N–H and O–H groups in total. The molecule has 0 saturated heterocycles. The van der Waals surface area contributed by atoms with Crippen LogP contribution in [0.2, 0.25) is 0 Å². The number of allylic oxidation sites excluding steroid dienone is 4. The van der Waals surface area contributed by atoms with Gasteiger partial charge in [0.15, 0.2) is 5.78 Å². The monoisotopic (exact) mass is 507 g/mol. The maximum atomic E-state index is 13.5. The molecular formula is C34H37NO3. The van der Waals surface area contributed by atoms with Crippen molar-refractivity contribution in [2.75, 3.05) is 7.11 Å². The largest absolute Gasteiger partial charge is 0.481 e. The van der Waals surface area contributed by atoms with Crippen LogP contribution >= 0.6 is 0 Å². The van der Waals surface area contributed by atoms with Crippen LogP contribution in [-0.2, 0) is 9.59 Å². The van der Waals surface area contributed by atoms with Gasteiger partial charge in [-0.2, -0.15) is 0 Å². The summed E-state index contributed by atoms with van der Waals surface area (Å²) >= 11 is 0. The Bertz CT molecular complexity index is 1370. The van der Waals surface area contributed by atoms with Crippen molar-refractivity contribution >= 4 is 11.6 Å². The van der Waals surface area contributed by atoms with Crippen molar-refractivity contribution in [3.05, 3.63) is 71.0 Å². The number of hydrogen-bond donors (Lipinski definition) is 0. The molecule has 196 valence electrons. The van der Waals surface area contributed by atoms with Crippen LogP contribution in [0.1, 0.15) is 82.6 Å². The summed E-state index contributed by atoms with van der Waals surface area (Å²) in [6.07, 6.45) is 13.7. The second kappa shape index (κ2) is 8.76. The molecule has 5 aliphatic carbocycles. The van der Waals surface area contributed by atoms with Gasteiger partial charge in [0.05, 0.1) is 7.11 Å². The van der Waals surface area contributed by atoms with E-state index in [9.17, 15) is 9.59 Å². The molecule has 38 heavy (non-hydrogen) atoms. The van der Waals surface area contributed by atoms with E-state index < -0.39 is 0 Å². The molecule has 1 spiro atoms. The maximum absolute atomic E-state index is 13.5. The van der Waals surface area contributed by atoms with Gasteiger partial charge in [0.25, 0.3) is 0 Å². The van der Waals surface area contributed by atoms with Crippen molar-refractivity contribution in [2.45, 2.75) is 77.0 Å². The summed E-state index contributed by atoms with van der Waals surface area (Å²) in [5.74, 6) is 2.85. The average molecular weight is 508 g/mol. The molecule has 1 unspecified atom stereocenters. The zero-order valence-electron chi connectivity index (χ0n) is 22.6. The van der Waals surface area contributed by atoms with Gasteiger partial charge in [0.1, 0.15) is 5.78 Å². The van der Waals surface area contributed by atoms with E-state index in [4.69, 9.17) is 4.74 Å². The highest BCUT2D eigenvalue weighted by Crippen LogP contribution is 2.72. The molecular weight excluding hydrogens is 470 g/mol. The third-order valence-electron chi connectivity index (χ3n) is 11.2. The first-order valence-corrected chi connectivity index (χ1v) is 14.5.